The summed E-state index contributed by atoms with van der Waals surface area (Å²) in [7, 11) is 8.70. The zero-order valence-electron chi connectivity index (χ0n) is 16.4. The van der Waals surface area contributed by atoms with Crippen LogP contribution in [-0.4, -0.2) is 70.9 Å². The summed E-state index contributed by atoms with van der Waals surface area (Å²) in [6.45, 7) is 5.76. The molecule has 2 amide bonds. The van der Waals surface area contributed by atoms with Crippen molar-refractivity contribution in [2.24, 2.45) is 0 Å². The number of nitrogens with zero attached hydrogens (tertiary/aromatic N) is 2. The van der Waals surface area contributed by atoms with E-state index >= 15 is 0 Å². The molecule has 0 saturated heterocycles. The molecule has 0 fully saturated rings. The fourth-order valence-electron chi connectivity index (χ4n) is 2.70. The van der Waals surface area contributed by atoms with Crippen molar-refractivity contribution < 1.29 is 19.0 Å². The van der Waals surface area contributed by atoms with E-state index in [1.54, 1.807) is 26.2 Å². The molecule has 0 aromatic heterocycles. The van der Waals surface area contributed by atoms with Gasteiger partial charge in [-0.1, -0.05) is 0 Å². The molecule has 7 heteroatoms. The average molecular weight is 353 g/mol. The molecule has 142 valence electrons. The molecule has 1 rings (SSSR count). The molecule has 0 aliphatic carbocycles. The van der Waals surface area contributed by atoms with Gasteiger partial charge in [-0.15, -0.1) is 0 Å². The lowest BCUT2D eigenvalue weighted by Crippen LogP contribution is -2.43. The second kappa shape index (κ2) is 9.98. The molecule has 0 bridgehead atoms. The van der Waals surface area contributed by atoms with Crippen molar-refractivity contribution in [1.29, 1.82) is 0 Å². The van der Waals surface area contributed by atoms with Crippen molar-refractivity contribution in [1.82, 2.24) is 15.1 Å². The van der Waals surface area contributed by atoms with Gasteiger partial charge in [0.15, 0.2) is 11.5 Å². The Hall–Kier alpha value is -2.15. The van der Waals surface area contributed by atoms with Crippen LogP contribution in [0.3, 0.4) is 0 Å². The lowest BCUT2D eigenvalue weighted by Gasteiger charge is -2.28. The molecule has 1 atom stereocenters. The lowest BCUT2D eigenvalue weighted by molar-refractivity contribution is 0.197. The molecule has 0 radical (unpaired) electrons. The van der Waals surface area contributed by atoms with E-state index in [-0.39, 0.29) is 12.1 Å². The number of nitrogens with one attached hydrogen (secondary N) is 1. The molecule has 1 aromatic carbocycles. The molecule has 1 N–H and O–H groups in total. The Balaban J connectivity index is 3.08. The van der Waals surface area contributed by atoms with Crippen molar-refractivity contribution in [3.05, 3.63) is 17.7 Å². The first-order chi connectivity index (χ1) is 11.9. The first-order valence-electron chi connectivity index (χ1n) is 8.42. The Kier molecular flexibility index (Phi) is 8.34. The Bertz CT molecular complexity index is 534. The second-order valence-electron chi connectivity index (χ2n) is 5.80. The van der Waals surface area contributed by atoms with Crippen molar-refractivity contribution in [3.8, 4) is 17.2 Å². The molecular formula is C18H31N3O4. The van der Waals surface area contributed by atoms with Crippen LogP contribution >= 0.6 is 0 Å². The maximum absolute atomic E-state index is 12.2. The summed E-state index contributed by atoms with van der Waals surface area (Å²) in [4.78, 5) is 16.0. The lowest BCUT2D eigenvalue weighted by atomic mass is 10.0. The number of hydrogen-bond acceptors (Lipinski definition) is 5. The summed E-state index contributed by atoms with van der Waals surface area (Å²) in [5.41, 5.74) is 0.972. The van der Waals surface area contributed by atoms with Crippen LogP contribution in [0.1, 0.15) is 25.5 Å². The third-order valence-corrected chi connectivity index (χ3v) is 4.19. The zero-order valence-corrected chi connectivity index (χ0v) is 16.4. The van der Waals surface area contributed by atoms with Crippen LogP contribution in [0.4, 0.5) is 4.79 Å². The summed E-state index contributed by atoms with van der Waals surface area (Å²) < 4.78 is 16.2. The van der Waals surface area contributed by atoms with Gasteiger partial charge in [0.2, 0.25) is 5.75 Å². The predicted octanol–water partition coefficient (Wildman–Crippen LogP) is 2.37. The molecule has 1 aromatic rings. The van der Waals surface area contributed by atoms with E-state index in [0.717, 1.165) is 5.56 Å². The topological polar surface area (TPSA) is 63.3 Å². The smallest absolute Gasteiger partial charge is 0.317 e. The fourth-order valence-corrected chi connectivity index (χ4v) is 2.70. The first-order valence-corrected chi connectivity index (χ1v) is 8.42. The highest BCUT2D eigenvalue weighted by Gasteiger charge is 2.21. The molecule has 25 heavy (non-hydrogen) atoms. The van der Waals surface area contributed by atoms with Gasteiger partial charge in [0.05, 0.1) is 27.4 Å². The summed E-state index contributed by atoms with van der Waals surface area (Å²) in [5.74, 6) is 1.75. The minimum atomic E-state index is -0.0655. The monoisotopic (exact) mass is 353 g/mol. The van der Waals surface area contributed by atoms with E-state index in [9.17, 15) is 4.79 Å². The normalized spacial score (nSPS) is 11.8. The standard InChI is InChI=1S/C18H31N3O4/c1-8-21(9-2)18(22)19-12-14(20(3)4)13-10-15(23-5)17(25-7)16(11-13)24-6/h10-11,14H,8-9,12H2,1-7H3,(H,19,22). The number of benzene rings is 1. The third-order valence-electron chi connectivity index (χ3n) is 4.19. The van der Waals surface area contributed by atoms with Crippen LogP contribution in [0.2, 0.25) is 0 Å². The highest BCUT2D eigenvalue weighted by molar-refractivity contribution is 5.74. The SMILES string of the molecule is CCN(CC)C(=O)NCC(c1cc(OC)c(OC)c(OC)c1)N(C)C. The fraction of sp³-hybridized carbons (Fsp3) is 0.611. The Morgan fingerprint density at radius 1 is 1.04 bits per heavy atom. The maximum atomic E-state index is 12.2. The molecule has 0 saturated carbocycles. The van der Waals surface area contributed by atoms with Gasteiger partial charge < -0.3 is 29.3 Å². The van der Waals surface area contributed by atoms with Crippen LogP contribution in [-0.2, 0) is 0 Å². The van der Waals surface area contributed by atoms with E-state index in [4.69, 9.17) is 14.2 Å². The Labute approximate surface area is 150 Å². The number of rotatable bonds is 9. The molecule has 7 nitrogen and oxygen atoms in total. The number of likely N-dealkylation sites (N-methyl/N-ethyl adjacent to an activating group) is 1. The largest absolute Gasteiger partial charge is 0.493 e. The number of ether oxygens (including phenoxy) is 3. The molecule has 0 heterocycles. The highest BCUT2D eigenvalue weighted by atomic mass is 16.5. The quantitative estimate of drug-likeness (QED) is 0.738. The molecule has 0 aliphatic heterocycles. The molecular weight excluding hydrogens is 322 g/mol. The van der Waals surface area contributed by atoms with Gasteiger partial charge in [0, 0.05) is 19.6 Å². The van der Waals surface area contributed by atoms with E-state index < -0.39 is 0 Å². The van der Waals surface area contributed by atoms with Gasteiger partial charge in [-0.3, -0.25) is 0 Å². The minimum absolute atomic E-state index is 0.0341. The van der Waals surface area contributed by atoms with Crippen molar-refractivity contribution in [2.45, 2.75) is 19.9 Å². The number of methoxy groups -OCH3 is 3. The van der Waals surface area contributed by atoms with Crippen molar-refractivity contribution in [3.63, 3.8) is 0 Å². The molecule has 1 unspecified atom stereocenters. The highest BCUT2D eigenvalue weighted by Crippen LogP contribution is 2.40. The predicted molar refractivity (Wildman–Crippen MR) is 98.8 cm³/mol. The van der Waals surface area contributed by atoms with Gasteiger partial charge in [-0.2, -0.15) is 0 Å². The van der Waals surface area contributed by atoms with Crippen LogP contribution < -0.4 is 19.5 Å². The number of amides is 2. The van der Waals surface area contributed by atoms with Gasteiger partial charge in [-0.25, -0.2) is 4.79 Å². The van der Waals surface area contributed by atoms with Gasteiger partial charge in [0.1, 0.15) is 0 Å². The van der Waals surface area contributed by atoms with Crippen LogP contribution in [0.25, 0.3) is 0 Å². The molecule has 0 spiro atoms. The average Bonchev–Trinajstić information content (AvgIpc) is 2.61. The van der Waals surface area contributed by atoms with E-state index in [2.05, 4.69) is 5.32 Å². The van der Waals surface area contributed by atoms with Crippen LogP contribution in [0, 0.1) is 0 Å². The summed E-state index contributed by atoms with van der Waals surface area (Å²) in [6, 6.07) is 3.73. The second-order valence-corrected chi connectivity index (χ2v) is 5.80. The summed E-state index contributed by atoms with van der Waals surface area (Å²) in [5, 5.41) is 3.00. The van der Waals surface area contributed by atoms with Gasteiger partial charge in [-0.05, 0) is 45.6 Å². The first kappa shape index (κ1) is 20.9. The summed E-state index contributed by atoms with van der Waals surface area (Å²) >= 11 is 0. The van der Waals surface area contributed by atoms with E-state index in [0.29, 0.717) is 36.9 Å². The number of carbonyl (C=O) groups excluding carboxylic acids is 1. The van der Waals surface area contributed by atoms with Crippen LogP contribution in [0.5, 0.6) is 17.2 Å². The maximum Gasteiger partial charge on any atom is 0.317 e. The summed E-state index contributed by atoms with van der Waals surface area (Å²) in [6.07, 6.45) is 0. The van der Waals surface area contributed by atoms with E-state index in [1.807, 2.05) is 45.0 Å². The zero-order chi connectivity index (χ0) is 19.0. The van der Waals surface area contributed by atoms with E-state index in [1.165, 1.54) is 0 Å². The van der Waals surface area contributed by atoms with Crippen molar-refractivity contribution in [2.75, 3.05) is 55.1 Å². The van der Waals surface area contributed by atoms with Crippen molar-refractivity contribution >= 4 is 6.03 Å². The number of carbonyl (C=O) groups is 1. The van der Waals surface area contributed by atoms with Crippen LogP contribution in [0.15, 0.2) is 12.1 Å². The van der Waals surface area contributed by atoms with Gasteiger partial charge >= 0.3 is 6.03 Å². The number of urea groups is 1. The molecule has 0 aliphatic rings. The Morgan fingerprint density at radius 2 is 1.56 bits per heavy atom. The Morgan fingerprint density at radius 3 is 1.92 bits per heavy atom. The minimum Gasteiger partial charge on any atom is -0.493 e. The van der Waals surface area contributed by atoms with Gasteiger partial charge in [0.25, 0.3) is 0 Å². The third kappa shape index (κ3) is 5.16. The number of hydrogen-bond donors (Lipinski definition) is 1.